The number of benzene rings is 1. The Morgan fingerprint density at radius 3 is 2.56 bits per heavy atom. The fourth-order valence-electron chi connectivity index (χ4n) is 1.04. The van der Waals surface area contributed by atoms with Crippen LogP contribution < -0.4 is 10.6 Å². The summed E-state index contributed by atoms with van der Waals surface area (Å²) in [7, 11) is 0. The minimum Gasteiger partial charge on any atom is -0.480 e. The zero-order chi connectivity index (χ0) is 12.0. The summed E-state index contributed by atoms with van der Waals surface area (Å²) in [5.41, 5.74) is 0.773. The number of carboxylic acid groups (broad SMARTS) is 1. The molecule has 86 valence electrons. The predicted octanol–water partition coefficient (Wildman–Crippen LogP) is 1.22. The molecule has 5 nitrogen and oxygen atoms in total. The SMILES string of the molecule is O=C(O)CNC(=O)NCc1ccccc1Cl. The number of carboxylic acids is 1. The number of carbonyl (C=O) groups excluding carboxylic acids is 1. The van der Waals surface area contributed by atoms with Gasteiger partial charge in [0.2, 0.25) is 0 Å². The van der Waals surface area contributed by atoms with E-state index in [1.54, 1.807) is 24.3 Å². The van der Waals surface area contributed by atoms with Gasteiger partial charge in [0, 0.05) is 11.6 Å². The van der Waals surface area contributed by atoms with Gasteiger partial charge in [-0.25, -0.2) is 4.79 Å². The van der Waals surface area contributed by atoms with Crippen molar-refractivity contribution in [1.29, 1.82) is 0 Å². The van der Waals surface area contributed by atoms with Crippen LogP contribution in [0.5, 0.6) is 0 Å². The third-order valence-corrected chi connectivity index (χ3v) is 2.17. The quantitative estimate of drug-likeness (QED) is 0.743. The van der Waals surface area contributed by atoms with Crippen LogP contribution in [0.2, 0.25) is 5.02 Å². The zero-order valence-corrected chi connectivity index (χ0v) is 9.12. The van der Waals surface area contributed by atoms with Gasteiger partial charge in [0.05, 0.1) is 0 Å². The Morgan fingerprint density at radius 1 is 1.25 bits per heavy atom. The molecule has 0 heterocycles. The standard InChI is InChI=1S/C10H11ClN2O3/c11-8-4-2-1-3-7(8)5-12-10(16)13-6-9(14)15/h1-4H,5-6H2,(H,14,15)(H2,12,13,16). The van der Waals surface area contributed by atoms with Crippen LogP contribution in [0.1, 0.15) is 5.56 Å². The maximum Gasteiger partial charge on any atom is 0.323 e. The van der Waals surface area contributed by atoms with Crippen molar-refractivity contribution in [2.45, 2.75) is 6.54 Å². The predicted molar refractivity (Wildman–Crippen MR) is 59.3 cm³/mol. The van der Waals surface area contributed by atoms with Crippen molar-refractivity contribution >= 4 is 23.6 Å². The molecule has 0 aliphatic rings. The topological polar surface area (TPSA) is 78.4 Å². The van der Waals surface area contributed by atoms with E-state index in [0.717, 1.165) is 5.56 Å². The summed E-state index contributed by atoms with van der Waals surface area (Å²) >= 11 is 5.87. The lowest BCUT2D eigenvalue weighted by Gasteiger charge is -2.07. The first-order valence-electron chi connectivity index (χ1n) is 4.56. The lowest BCUT2D eigenvalue weighted by Crippen LogP contribution is -2.38. The van der Waals surface area contributed by atoms with Gasteiger partial charge in [-0.2, -0.15) is 0 Å². The van der Waals surface area contributed by atoms with E-state index in [9.17, 15) is 9.59 Å². The molecular weight excluding hydrogens is 232 g/mol. The maximum atomic E-state index is 11.1. The van der Waals surface area contributed by atoms with Gasteiger partial charge in [-0.1, -0.05) is 29.8 Å². The van der Waals surface area contributed by atoms with Crippen LogP contribution in [0.3, 0.4) is 0 Å². The summed E-state index contributed by atoms with van der Waals surface area (Å²) in [6.45, 7) is -0.153. The Balaban J connectivity index is 2.37. The number of halogens is 1. The van der Waals surface area contributed by atoms with E-state index in [1.165, 1.54) is 0 Å². The largest absolute Gasteiger partial charge is 0.480 e. The molecule has 0 saturated heterocycles. The molecule has 0 fully saturated rings. The Morgan fingerprint density at radius 2 is 1.94 bits per heavy atom. The van der Waals surface area contributed by atoms with E-state index in [1.807, 2.05) is 0 Å². The molecule has 0 aliphatic heterocycles. The molecule has 0 radical (unpaired) electrons. The molecule has 2 amide bonds. The van der Waals surface area contributed by atoms with Crippen LogP contribution in [0.4, 0.5) is 4.79 Å². The number of aliphatic carboxylic acids is 1. The fraction of sp³-hybridized carbons (Fsp3) is 0.200. The smallest absolute Gasteiger partial charge is 0.323 e. The number of nitrogens with one attached hydrogen (secondary N) is 2. The molecule has 0 atom stereocenters. The normalized spacial score (nSPS) is 9.56. The zero-order valence-electron chi connectivity index (χ0n) is 8.37. The van der Waals surface area contributed by atoms with E-state index in [0.29, 0.717) is 5.02 Å². The van der Waals surface area contributed by atoms with Gasteiger partial charge >= 0.3 is 12.0 Å². The van der Waals surface area contributed by atoms with Crippen LogP contribution in [0.15, 0.2) is 24.3 Å². The maximum absolute atomic E-state index is 11.1. The van der Waals surface area contributed by atoms with E-state index < -0.39 is 18.5 Å². The monoisotopic (exact) mass is 242 g/mol. The Labute approximate surface area is 97.4 Å². The van der Waals surface area contributed by atoms with Gasteiger partial charge in [0.1, 0.15) is 6.54 Å². The summed E-state index contributed by atoms with van der Waals surface area (Å²) in [6, 6.07) is 6.55. The number of rotatable bonds is 4. The molecule has 1 aromatic carbocycles. The first kappa shape index (κ1) is 12.3. The van der Waals surface area contributed by atoms with E-state index >= 15 is 0 Å². The highest BCUT2D eigenvalue weighted by Gasteiger charge is 2.04. The lowest BCUT2D eigenvalue weighted by atomic mass is 10.2. The Hall–Kier alpha value is -1.75. The molecule has 0 aromatic heterocycles. The van der Waals surface area contributed by atoms with Crippen molar-refractivity contribution in [1.82, 2.24) is 10.6 Å². The molecule has 1 rings (SSSR count). The molecule has 0 unspecified atom stereocenters. The van der Waals surface area contributed by atoms with E-state index in [2.05, 4.69) is 10.6 Å². The van der Waals surface area contributed by atoms with Crippen molar-refractivity contribution < 1.29 is 14.7 Å². The number of carbonyl (C=O) groups is 2. The summed E-state index contributed by atoms with van der Waals surface area (Å²) < 4.78 is 0. The van der Waals surface area contributed by atoms with Crippen LogP contribution in [-0.2, 0) is 11.3 Å². The second-order valence-electron chi connectivity index (χ2n) is 3.02. The summed E-state index contributed by atoms with van der Waals surface area (Å²) in [5.74, 6) is -1.09. The van der Waals surface area contributed by atoms with Crippen LogP contribution >= 0.6 is 11.6 Å². The van der Waals surface area contributed by atoms with Gasteiger partial charge in [-0.05, 0) is 11.6 Å². The second kappa shape index (κ2) is 5.97. The minimum atomic E-state index is -1.09. The average molecular weight is 243 g/mol. The van der Waals surface area contributed by atoms with E-state index in [4.69, 9.17) is 16.7 Å². The van der Waals surface area contributed by atoms with Crippen molar-refractivity contribution in [2.75, 3.05) is 6.54 Å². The molecule has 0 spiro atoms. The van der Waals surface area contributed by atoms with Gasteiger partial charge in [-0.3, -0.25) is 4.79 Å². The summed E-state index contributed by atoms with van der Waals surface area (Å²) in [5, 5.41) is 13.6. The number of urea groups is 1. The first-order valence-corrected chi connectivity index (χ1v) is 4.94. The molecule has 6 heteroatoms. The van der Waals surface area contributed by atoms with E-state index in [-0.39, 0.29) is 6.54 Å². The van der Waals surface area contributed by atoms with Crippen molar-refractivity contribution in [3.05, 3.63) is 34.9 Å². The molecular formula is C10H11ClN2O3. The first-order chi connectivity index (χ1) is 7.59. The molecule has 0 saturated carbocycles. The van der Waals surface area contributed by atoms with Gasteiger partial charge in [0.25, 0.3) is 0 Å². The molecule has 0 bridgehead atoms. The number of hydrogen-bond acceptors (Lipinski definition) is 2. The fourth-order valence-corrected chi connectivity index (χ4v) is 1.24. The summed E-state index contributed by atoms with van der Waals surface area (Å²) in [4.78, 5) is 21.3. The molecule has 1 aromatic rings. The van der Waals surface area contributed by atoms with Crippen LogP contribution in [-0.4, -0.2) is 23.7 Å². The number of amides is 2. The van der Waals surface area contributed by atoms with Crippen LogP contribution in [0, 0.1) is 0 Å². The highest BCUT2D eigenvalue weighted by Crippen LogP contribution is 2.13. The third kappa shape index (κ3) is 4.18. The van der Waals surface area contributed by atoms with Gasteiger partial charge in [0.15, 0.2) is 0 Å². The Kier molecular flexibility index (Phi) is 4.60. The highest BCUT2D eigenvalue weighted by molar-refractivity contribution is 6.31. The summed E-state index contributed by atoms with van der Waals surface area (Å²) in [6.07, 6.45) is 0. The third-order valence-electron chi connectivity index (χ3n) is 1.80. The molecule has 0 aliphatic carbocycles. The highest BCUT2D eigenvalue weighted by atomic mass is 35.5. The van der Waals surface area contributed by atoms with Crippen LogP contribution in [0.25, 0.3) is 0 Å². The van der Waals surface area contributed by atoms with Crippen molar-refractivity contribution in [2.24, 2.45) is 0 Å². The molecule has 3 N–H and O–H groups in total. The average Bonchev–Trinajstić information content (AvgIpc) is 2.25. The second-order valence-corrected chi connectivity index (χ2v) is 3.43. The van der Waals surface area contributed by atoms with Crippen molar-refractivity contribution in [3.8, 4) is 0 Å². The van der Waals surface area contributed by atoms with Gasteiger partial charge < -0.3 is 15.7 Å². The van der Waals surface area contributed by atoms with Crippen molar-refractivity contribution in [3.63, 3.8) is 0 Å². The Bertz CT molecular complexity index is 395. The minimum absolute atomic E-state index is 0.255. The molecule has 16 heavy (non-hydrogen) atoms. The lowest BCUT2D eigenvalue weighted by molar-refractivity contribution is -0.135. The van der Waals surface area contributed by atoms with Gasteiger partial charge in [-0.15, -0.1) is 0 Å². The number of hydrogen-bond donors (Lipinski definition) is 3.